The standard InChI is InChI=1S/C21H28N2O5/c24-18(9-13-28-17-7-2-1-3-8-17)23-12-4-6-16(15-23)20(27)22-21(10-5-11-21)14-19(25)26/h1-3,7-8,16H,4-6,9-15H2,(H,22,27)(H,25,26). The summed E-state index contributed by atoms with van der Waals surface area (Å²) >= 11 is 0. The maximum absolute atomic E-state index is 12.7. The SMILES string of the molecule is O=C(O)CC1(NC(=O)C2CCCN(C(=O)CCOc3ccccc3)C2)CCC1. The molecule has 1 atom stereocenters. The van der Waals surface area contributed by atoms with Gasteiger partial charge in [-0.1, -0.05) is 18.2 Å². The Morgan fingerprint density at radius 3 is 2.57 bits per heavy atom. The zero-order valence-electron chi connectivity index (χ0n) is 16.1. The summed E-state index contributed by atoms with van der Waals surface area (Å²) in [6, 6.07) is 9.36. The molecule has 1 aliphatic carbocycles. The molecule has 3 rings (SSSR count). The van der Waals surface area contributed by atoms with Crippen molar-refractivity contribution in [2.24, 2.45) is 5.92 Å². The predicted molar refractivity (Wildman–Crippen MR) is 103 cm³/mol. The maximum atomic E-state index is 12.7. The summed E-state index contributed by atoms with van der Waals surface area (Å²) in [5.41, 5.74) is -0.598. The van der Waals surface area contributed by atoms with Crippen LogP contribution in [0.4, 0.5) is 0 Å². The number of aliphatic carboxylic acids is 1. The van der Waals surface area contributed by atoms with Gasteiger partial charge in [0.1, 0.15) is 5.75 Å². The number of hydrogen-bond acceptors (Lipinski definition) is 4. The van der Waals surface area contributed by atoms with Gasteiger partial charge in [-0.2, -0.15) is 0 Å². The highest BCUT2D eigenvalue weighted by Gasteiger charge is 2.42. The third-order valence-electron chi connectivity index (χ3n) is 5.66. The second-order valence-electron chi connectivity index (χ2n) is 7.78. The van der Waals surface area contributed by atoms with Gasteiger partial charge in [0.2, 0.25) is 11.8 Å². The van der Waals surface area contributed by atoms with Gasteiger partial charge in [-0.3, -0.25) is 14.4 Å². The Labute approximate surface area is 165 Å². The highest BCUT2D eigenvalue weighted by atomic mass is 16.5. The molecule has 1 heterocycles. The van der Waals surface area contributed by atoms with Gasteiger partial charge in [0.15, 0.2) is 0 Å². The fraction of sp³-hybridized carbons (Fsp3) is 0.571. The van der Waals surface area contributed by atoms with E-state index < -0.39 is 11.5 Å². The fourth-order valence-corrected chi connectivity index (χ4v) is 3.95. The van der Waals surface area contributed by atoms with Crippen LogP contribution in [0.5, 0.6) is 5.75 Å². The molecule has 2 N–H and O–H groups in total. The minimum absolute atomic E-state index is 0.0164. The number of ether oxygens (including phenoxy) is 1. The number of piperidine rings is 1. The number of carbonyl (C=O) groups excluding carboxylic acids is 2. The van der Waals surface area contributed by atoms with Crippen LogP contribution in [0.1, 0.15) is 44.9 Å². The second-order valence-corrected chi connectivity index (χ2v) is 7.78. The zero-order chi connectivity index (χ0) is 20.0. The number of carbonyl (C=O) groups is 3. The molecule has 1 aliphatic heterocycles. The average molecular weight is 388 g/mol. The van der Waals surface area contributed by atoms with Crippen LogP contribution in [0.25, 0.3) is 0 Å². The summed E-state index contributed by atoms with van der Waals surface area (Å²) in [4.78, 5) is 38.0. The number of hydrogen-bond donors (Lipinski definition) is 2. The minimum Gasteiger partial charge on any atom is -0.493 e. The highest BCUT2D eigenvalue weighted by molar-refractivity contribution is 5.83. The van der Waals surface area contributed by atoms with E-state index in [1.807, 2.05) is 30.3 Å². The van der Waals surface area contributed by atoms with E-state index in [0.717, 1.165) is 25.0 Å². The summed E-state index contributed by atoms with van der Waals surface area (Å²) in [5, 5.41) is 12.1. The van der Waals surface area contributed by atoms with E-state index in [1.54, 1.807) is 4.90 Å². The number of nitrogens with zero attached hydrogens (tertiary/aromatic N) is 1. The first-order valence-electron chi connectivity index (χ1n) is 9.97. The fourth-order valence-electron chi connectivity index (χ4n) is 3.95. The topological polar surface area (TPSA) is 95.9 Å². The van der Waals surface area contributed by atoms with Crippen molar-refractivity contribution in [1.29, 1.82) is 0 Å². The number of amides is 2. The Hall–Kier alpha value is -2.57. The van der Waals surface area contributed by atoms with E-state index in [9.17, 15) is 14.4 Å². The number of carboxylic acid groups (broad SMARTS) is 1. The van der Waals surface area contributed by atoms with Gasteiger partial charge in [-0.25, -0.2) is 0 Å². The van der Waals surface area contributed by atoms with E-state index in [1.165, 1.54) is 0 Å². The largest absolute Gasteiger partial charge is 0.493 e. The Bertz CT molecular complexity index is 702. The molecule has 1 aromatic carbocycles. The molecule has 1 saturated carbocycles. The Morgan fingerprint density at radius 2 is 1.93 bits per heavy atom. The molecule has 2 fully saturated rings. The summed E-state index contributed by atoms with van der Waals surface area (Å²) in [7, 11) is 0. The van der Waals surface area contributed by atoms with E-state index in [0.29, 0.717) is 32.5 Å². The molecule has 0 spiro atoms. The first-order valence-corrected chi connectivity index (χ1v) is 9.97. The lowest BCUT2D eigenvalue weighted by Crippen LogP contribution is -2.57. The summed E-state index contributed by atoms with van der Waals surface area (Å²) in [6.07, 6.45) is 4.07. The second kappa shape index (κ2) is 9.08. The van der Waals surface area contributed by atoms with Crippen molar-refractivity contribution in [3.8, 4) is 5.75 Å². The summed E-state index contributed by atoms with van der Waals surface area (Å²) in [5.74, 6) is -0.579. The predicted octanol–water partition coefficient (Wildman–Crippen LogP) is 2.21. The van der Waals surface area contributed by atoms with Crippen LogP contribution >= 0.6 is 0 Å². The van der Waals surface area contributed by atoms with E-state index in [2.05, 4.69) is 5.32 Å². The van der Waals surface area contributed by atoms with Crippen molar-refractivity contribution in [3.05, 3.63) is 30.3 Å². The molecule has 1 aromatic rings. The molecular formula is C21H28N2O5. The Kier molecular flexibility index (Phi) is 6.54. The smallest absolute Gasteiger partial charge is 0.305 e. The molecule has 7 heteroatoms. The monoisotopic (exact) mass is 388 g/mol. The third-order valence-corrected chi connectivity index (χ3v) is 5.66. The Balaban J connectivity index is 1.47. The van der Waals surface area contributed by atoms with Crippen molar-refractivity contribution in [1.82, 2.24) is 10.2 Å². The van der Waals surface area contributed by atoms with Gasteiger partial charge >= 0.3 is 5.97 Å². The minimum atomic E-state index is -0.890. The van der Waals surface area contributed by atoms with Gasteiger partial charge in [-0.05, 0) is 44.2 Å². The van der Waals surface area contributed by atoms with Crippen LogP contribution in [-0.4, -0.2) is 53.0 Å². The van der Waals surface area contributed by atoms with Gasteiger partial charge < -0.3 is 20.1 Å². The molecule has 2 aliphatic rings. The molecule has 152 valence electrons. The number of benzene rings is 1. The number of rotatable bonds is 8. The van der Waals surface area contributed by atoms with Crippen molar-refractivity contribution >= 4 is 17.8 Å². The normalized spacial score (nSPS) is 20.7. The molecule has 28 heavy (non-hydrogen) atoms. The van der Waals surface area contributed by atoms with Crippen molar-refractivity contribution in [2.45, 2.75) is 50.5 Å². The Morgan fingerprint density at radius 1 is 1.18 bits per heavy atom. The van der Waals surface area contributed by atoms with Crippen LogP contribution in [0.3, 0.4) is 0 Å². The molecule has 0 bridgehead atoms. The number of likely N-dealkylation sites (tertiary alicyclic amines) is 1. The quantitative estimate of drug-likeness (QED) is 0.712. The van der Waals surface area contributed by atoms with Crippen LogP contribution < -0.4 is 10.1 Å². The summed E-state index contributed by atoms with van der Waals surface area (Å²) in [6.45, 7) is 1.34. The first-order chi connectivity index (χ1) is 13.5. The molecule has 2 amide bonds. The van der Waals surface area contributed by atoms with Crippen LogP contribution in [0.15, 0.2) is 30.3 Å². The number of para-hydroxylation sites is 1. The molecule has 1 unspecified atom stereocenters. The van der Waals surface area contributed by atoms with Crippen molar-refractivity contribution < 1.29 is 24.2 Å². The van der Waals surface area contributed by atoms with Gasteiger partial charge in [-0.15, -0.1) is 0 Å². The van der Waals surface area contributed by atoms with E-state index >= 15 is 0 Å². The van der Waals surface area contributed by atoms with Gasteiger partial charge in [0.25, 0.3) is 0 Å². The highest BCUT2D eigenvalue weighted by Crippen LogP contribution is 2.35. The van der Waals surface area contributed by atoms with Crippen molar-refractivity contribution in [3.63, 3.8) is 0 Å². The first kappa shape index (κ1) is 20.2. The average Bonchev–Trinajstić information content (AvgIpc) is 2.66. The third kappa shape index (κ3) is 5.24. The molecular weight excluding hydrogens is 360 g/mol. The van der Waals surface area contributed by atoms with Crippen LogP contribution in [-0.2, 0) is 14.4 Å². The lowest BCUT2D eigenvalue weighted by atomic mass is 9.74. The molecule has 0 radical (unpaired) electrons. The summed E-state index contributed by atoms with van der Waals surface area (Å²) < 4.78 is 5.58. The molecule has 0 aromatic heterocycles. The molecule has 7 nitrogen and oxygen atoms in total. The van der Waals surface area contributed by atoms with Crippen molar-refractivity contribution in [2.75, 3.05) is 19.7 Å². The maximum Gasteiger partial charge on any atom is 0.305 e. The van der Waals surface area contributed by atoms with Gasteiger partial charge in [0.05, 0.1) is 30.9 Å². The number of carboxylic acids is 1. The molecule has 1 saturated heterocycles. The lowest BCUT2D eigenvalue weighted by molar-refractivity contribution is -0.141. The van der Waals surface area contributed by atoms with Crippen LogP contribution in [0, 0.1) is 5.92 Å². The van der Waals surface area contributed by atoms with E-state index in [-0.39, 0.29) is 30.6 Å². The lowest BCUT2D eigenvalue weighted by Gasteiger charge is -2.43. The van der Waals surface area contributed by atoms with E-state index in [4.69, 9.17) is 9.84 Å². The number of nitrogens with one attached hydrogen (secondary N) is 1. The van der Waals surface area contributed by atoms with Gasteiger partial charge in [0, 0.05) is 13.1 Å². The van der Waals surface area contributed by atoms with Crippen LogP contribution in [0.2, 0.25) is 0 Å². The zero-order valence-corrected chi connectivity index (χ0v) is 16.1.